The number of hydrogen-bond donors (Lipinski definition) is 1. The summed E-state index contributed by atoms with van der Waals surface area (Å²) in [7, 11) is 1.72. The topological polar surface area (TPSA) is 56.5 Å². The Hall–Kier alpha value is -1.57. The molecule has 18 heavy (non-hydrogen) atoms. The van der Waals surface area contributed by atoms with Crippen LogP contribution in [0.25, 0.3) is 0 Å². The molecule has 2 atom stereocenters. The molecule has 1 N–H and O–H groups in total. The predicted octanol–water partition coefficient (Wildman–Crippen LogP) is 1.84. The van der Waals surface area contributed by atoms with Crippen molar-refractivity contribution in [1.82, 2.24) is 0 Å². The van der Waals surface area contributed by atoms with E-state index < -0.39 is 6.10 Å². The van der Waals surface area contributed by atoms with E-state index in [0.717, 1.165) is 30.8 Å². The lowest BCUT2D eigenvalue weighted by molar-refractivity contribution is 0.121. The van der Waals surface area contributed by atoms with Crippen LogP contribution in [0, 0.1) is 11.3 Å². The van der Waals surface area contributed by atoms with E-state index in [1.165, 1.54) is 0 Å². The molecule has 1 fully saturated rings. The molecule has 1 aliphatic rings. The number of nitriles is 1. The van der Waals surface area contributed by atoms with Crippen molar-refractivity contribution in [2.45, 2.75) is 25.6 Å². The first-order valence-electron chi connectivity index (χ1n) is 6.15. The molecule has 4 nitrogen and oxygen atoms in total. The standard InChI is InChI=1S/C14H18N2O2/c1-10(17)13-4-3-11(8-15)7-14(13)16-6-5-12(9-16)18-2/h3-4,7,10,12,17H,5-6,9H2,1-2H3/t10-,12?/m0/s1. The summed E-state index contributed by atoms with van der Waals surface area (Å²) in [5.41, 5.74) is 2.43. The van der Waals surface area contributed by atoms with Crippen molar-refractivity contribution in [3.8, 4) is 6.07 Å². The quantitative estimate of drug-likeness (QED) is 0.884. The summed E-state index contributed by atoms with van der Waals surface area (Å²) in [4.78, 5) is 2.18. The summed E-state index contributed by atoms with van der Waals surface area (Å²) in [5, 5.41) is 18.8. The largest absolute Gasteiger partial charge is 0.389 e. The summed E-state index contributed by atoms with van der Waals surface area (Å²) in [6, 6.07) is 7.57. The fourth-order valence-corrected chi connectivity index (χ4v) is 2.38. The molecule has 96 valence electrons. The van der Waals surface area contributed by atoms with Crippen LogP contribution < -0.4 is 4.90 Å². The zero-order valence-corrected chi connectivity index (χ0v) is 10.8. The molecule has 1 aromatic carbocycles. The van der Waals surface area contributed by atoms with Crippen LogP contribution in [0.5, 0.6) is 0 Å². The molecule has 0 aliphatic carbocycles. The van der Waals surface area contributed by atoms with Gasteiger partial charge in [0.2, 0.25) is 0 Å². The van der Waals surface area contributed by atoms with Crippen LogP contribution >= 0.6 is 0 Å². The van der Waals surface area contributed by atoms with E-state index in [4.69, 9.17) is 10.00 Å². The van der Waals surface area contributed by atoms with Gasteiger partial charge in [-0.2, -0.15) is 5.26 Å². The fraction of sp³-hybridized carbons (Fsp3) is 0.500. The minimum Gasteiger partial charge on any atom is -0.389 e. The highest BCUT2D eigenvalue weighted by atomic mass is 16.5. The minimum atomic E-state index is -0.533. The zero-order chi connectivity index (χ0) is 13.1. The highest BCUT2D eigenvalue weighted by molar-refractivity contribution is 5.59. The van der Waals surface area contributed by atoms with Gasteiger partial charge in [-0.15, -0.1) is 0 Å². The van der Waals surface area contributed by atoms with Crippen LogP contribution in [0.4, 0.5) is 5.69 Å². The average Bonchev–Trinajstić information content (AvgIpc) is 2.86. The second-order valence-electron chi connectivity index (χ2n) is 4.65. The van der Waals surface area contributed by atoms with Crippen molar-refractivity contribution < 1.29 is 9.84 Å². The third kappa shape index (κ3) is 2.47. The smallest absolute Gasteiger partial charge is 0.0992 e. The van der Waals surface area contributed by atoms with Gasteiger partial charge >= 0.3 is 0 Å². The first kappa shape index (κ1) is 12.9. The van der Waals surface area contributed by atoms with Gasteiger partial charge in [0, 0.05) is 31.5 Å². The van der Waals surface area contributed by atoms with E-state index in [-0.39, 0.29) is 6.10 Å². The summed E-state index contributed by atoms with van der Waals surface area (Å²) in [5.74, 6) is 0. The molecule has 0 saturated carbocycles. The number of hydrogen-bond acceptors (Lipinski definition) is 4. The van der Waals surface area contributed by atoms with Crippen LogP contribution in [0.2, 0.25) is 0 Å². The van der Waals surface area contributed by atoms with Crippen molar-refractivity contribution in [1.29, 1.82) is 5.26 Å². The maximum Gasteiger partial charge on any atom is 0.0992 e. The van der Waals surface area contributed by atoms with Crippen molar-refractivity contribution in [3.05, 3.63) is 29.3 Å². The van der Waals surface area contributed by atoms with Crippen molar-refractivity contribution in [2.24, 2.45) is 0 Å². The van der Waals surface area contributed by atoms with Gasteiger partial charge in [0.15, 0.2) is 0 Å². The highest BCUT2D eigenvalue weighted by Gasteiger charge is 2.25. The van der Waals surface area contributed by atoms with Gasteiger partial charge in [-0.25, -0.2) is 0 Å². The van der Waals surface area contributed by atoms with Gasteiger partial charge in [-0.3, -0.25) is 0 Å². The molecule has 0 bridgehead atoms. The van der Waals surface area contributed by atoms with Crippen LogP contribution in [-0.2, 0) is 4.74 Å². The predicted molar refractivity (Wildman–Crippen MR) is 69.4 cm³/mol. The number of nitrogens with zero attached hydrogens (tertiary/aromatic N) is 2. The summed E-state index contributed by atoms with van der Waals surface area (Å²) in [6.45, 7) is 3.45. The molecule has 1 aliphatic heterocycles. The molecular weight excluding hydrogens is 228 g/mol. The van der Waals surface area contributed by atoms with Gasteiger partial charge < -0.3 is 14.7 Å². The van der Waals surface area contributed by atoms with Crippen LogP contribution in [0.3, 0.4) is 0 Å². The Bertz CT molecular complexity index is 465. The summed E-state index contributed by atoms with van der Waals surface area (Å²) < 4.78 is 5.35. The van der Waals surface area contributed by atoms with Gasteiger partial charge in [0.25, 0.3) is 0 Å². The Labute approximate surface area is 107 Å². The normalized spacial score (nSPS) is 20.8. The Balaban J connectivity index is 2.33. The first-order chi connectivity index (χ1) is 8.65. The lowest BCUT2D eigenvalue weighted by atomic mass is 10.0. The molecule has 1 unspecified atom stereocenters. The van der Waals surface area contributed by atoms with Crippen molar-refractivity contribution >= 4 is 5.69 Å². The van der Waals surface area contributed by atoms with E-state index >= 15 is 0 Å². The van der Waals surface area contributed by atoms with Crippen LogP contribution in [-0.4, -0.2) is 31.4 Å². The molecule has 2 rings (SSSR count). The van der Waals surface area contributed by atoms with E-state index in [1.807, 2.05) is 12.1 Å². The van der Waals surface area contributed by atoms with Crippen LogP contribution in [0.1, 0.15) is 30.6 Å². The highest BCUT2D eigenvalue weighted by Crippen LogP contribution is 2.30. The number of benzene rings is 1. The minimum absolute atomic E-state index is 0.234. The number of methoxy groups -OCH3 is 1. The number of aliphatic hydroxyl groups is 1. The Morgan fingerprint density at radius 1 is 1.56 bits per heavy atom. The van der Waals surface area contributed by atoms with E-state index in [2.05, 4.69) is 11.0 Å². The summed E-state index contributed by atoms with van der Waals surface area (Å²) >= 11 is 0. The van der Waals surface area contributed by atoms with Crippen molar-refractivity contribution in [2.75, 3.05) is 25.1 Å². The molecule has 0 amide bonds. The third-order valence-corrected chi connectivity index (χ3v) is 3.43. The maximum atomic E-state index is 9.81. The Morgan fingerprint density at radius 2 is 2.33 bits per heavy atom. The molecule has 0 aromatic heterocycles. The molecule has 1 heterocycles. The van der Waals surface area contributed by atoms with E-state index in [9.17, 15) is 5.11 Å². The van der Waals surface area contributed by atoms with E-state index in [1.54, 1.807) is 20.1 Å². The Kier molecular flexibility index (Phi) is 3.85. The third-order valence-electron chi connectivity index (χ3n) is 3.43. The first-order valence-corrected chi connectivity index (χ1v) is 6.15. The maximum absolute atomic E-state index is 9.81. The molecule has 1 aromatic rings. The van der Waals surface area contributed by atoms with Gasteiger partial charge in [-0.1, -0.05) is 6.07 Å². The Morgan fingerprint density at radius 3 is 2.89 bits per heavy atom. The number of anilines is 1. The van der Waals surface area contributed by atoms with Crippen molar-refractivity contribution in [3.63, 3.8) is 0 Å². The zero-order valence-electron chi connectivity index (χ0n) is 10.8. The monoisotopic (exact) mass is 246 g/mol. The molecule has 0 radical (unpaired) electrons. The molecule has 0 spiro atoms. The van der Waals surface area contributed by atoms with Gasteiger partial charge in [0.05, 0.1) is 23.8 Å². The van der Waals surface area contributed by atoms with Crippen LogP contribution in [0.15, 0.2) is 18.2 Å². The lowest BCUT2D eigenvalue weighted by Gasteiger charge is -2.23. The van der Waals surface area contributed by atoms with Gasteiger partial charge in [-0.05, 0) is 25.5 Å². The molecular formula is C14H18N2O2. The number of rotatable bonds is 3. The molecule has 1 saturated heterocycles. The van der Waals surface area contributed by atoms with Gasteiger partial charge in [0.1, 0.15) is 0 Å². The second-order valence-corrected chi connectivity index (χ2v) is 4.65. The number of aliphatic hydroxyl groups excluding tert-OH is 1. The number of ether oxygens (including phenoxy) is 1. The molecule has 4 heteroatoms. The second kappa shape index (κ2) is 5.38. The SMILES string of the molecule is COC1CCN(c2cc(C#N)ccc2[C@H](C)O)C1. The fourth-order valence-electron chi connectivity index (χ4n) is 2.38. The van der Waals surface area contributed by atoms with E-state index in [0.29, 0.717) is 5.56 Å². The summed E-state index contributed by atoms with van der Waals surface area (Å²) in [6.07, 6.45) is 0.680. The lowest BCUT2D eigenvalue weighted by Crippen LogP contribution is -2.23. The average molecular weight is 246 g/mol.